The number of rotatable bonds is 8. The minimum Gasteiger partial charge on any atom is -0.380 e. The number of hydrogen-bond donors (Lipinski definition) is 0. The highest BCUT2D eigenvalue weighted by atomic mass is 15.2. The van der Waals surface area contributed by atoms with Crippen LogP contribution in [0.25, 0.3) is 0 Å². The van der Waals surface area contributed by atoms with E-state index in [4.69, 9.17) is 4.99 Å². The minimum absolute atomic E-state index is 0.0257. The maximum Gasteiger partial charge on any atom is 0.0606 e. The monoisotopic (exact) mass is 505 g/mol. The lowest BCUT2D eigenvalue weighted by molar-refractivity contribution is 0.172. The summed E-state index contributed by atoms with van der Waals surface area (Å²) in [6.07, 6.45) is 4.19. The van der Waals surface area contributed by atoms with E-state index in [1.165, 1.54) is 33.5 Å². The fourth-order valence-corrected chi connectivity index (χ4v) is 7.17. The van der Waals surface area contributed by atoms with E-state index in [0.717, 1.165) is 44.5 Å². The quantitative estimate of drug-likeness (QED) is 0.341. The molecule has 0 aromatic heterocycles. The van der Waals surface area contributed by atoms with Crippen LogP contribution in [0.2, 0.25) is 0 Å². The number of piperidine rings is 1. The van der Waals surface area contributed by atoms with Crippen LogP contribution in [0.1, 0.15) is 54.5 Å². The molecule has 3 aromatic carbocycles. The Hall–Kier alpha value is -3.17. The van der Waals surface area contributed by atoms with Crippen LogP contribution in [0.4, 0.5) is 0 Å². The van der Waals surface area contributed by atoms with Gasteiger partial charge in [0.1, 0.15) is 0 Å². The SMILES string of the molecule is C=C(N(C)C)C(CCN1CCC2(C)/C(=N\C)C1Cc1ccc(CC)cc12)(c1ccccc1)c1ccccc1. The molecule has 198 valence electrons. The Labute approximate surface area is 229 Å². The number of likely N-dealkylation sites (tertiary alicyclic amines) is 1. The molecule has 2 atom stereocenters. The second-order valence-electron chi connectivity index (χ2n) is 11.5. The molecule has 1 saturated heterocycles. The predicted octanol–water partition coefficient (Wildman–Crippen LogP) is 6.66. The molecule has 0 saturated carbocycles. The normalized spacial score (nSPS) is 22.2. The third-order valence-electron chi connectivity index (χ3n) is 9.39. The Bertz CT molecular complexity index is 1270. The van der Waals surface area contributed by atoms with Crippen molar-refractivity contribution in [3.8, 4) is 0 Å². The van der Waals surface area contributed by atoms with E-state index < -0.39 is 0 Å². The number of hydrogen-bond acceptors (Lipinski definition) is 3. The van der Waals surface area contributed by atoms with Gasteiger partial charge in [0.25, 0.3) is 0 Å². The van der Waals surface area contributed by atoms with Gasteiger partial charge in [-0.25, -0.2) is 0 Å². The van der Waals surface area contributed by atoms with Gasteiger partial charge in [0, 0.05) is 51.1 Å². The summed E-state index contributed by atoms with van der Waals surface area (Å²) in [6.45, 7) is 11.4. The van der Waals surface area contributed by atoms with Crippen molar-refractivity contribution in [3.63, 3.8) is 0 Å². The maximum atomic E-state index is 4.98. The summed E-state index contributed by atoms with van der Waals surface area (Å²) in [5.74, 6) is 0. The summed E-state index contributed by atoms with van der Waals surface area (Å²) in [4.78, 5) is 9.90. The fourth-order valence-electron chi connectivity index (χ4n) is 7.17. The van der Waals surface area contributed by atoms with E-state index in [1.54, 1.807) is 0 Å². The van der Waals surface area contributed by atoms with Crippen molar-refractivity contribution in [1.29, 1.82) is 0 Å². The molecule has 2 bridgehead atoms. The molecular weight excluding hydrogens is 462 g/mol. The van der Waals surface area contributed by atoms with Crippen molar-refractivity contribution < 1.29 is 0 Å². The molecule has 0 spiro atoms. The number of nitrogens with zero attached hydrogens (tertiary/aromatic N) is 3. The van der Waals surface area contributed by atoms with Gasteiger partial charge < -0.3 is 4.90 Å². The summed E-state index contributed by atoms with van der Waals surface area (Å²) in [5.41, 5.74) is 9.26. The number of aryl methyl sites for hydroxylation is 1. The van der Waals surface area contributed by atoms with Crippen LogP contribution in [0.5, 0.6) is 0 Å². The van der Waals surface area contributed by atoms with Crippen LogP contribution in [-0.2, 0) is 23.7 Å². The minimum atomic E-state index is -0.307. The Morgan fingerprint density at radius 3 is 2.21 bits per heavy atom. The number of aliphatic imine (C=N–C) groups is 1. The van der Waals surface area contributed by atoms with Crippen molar-refractivity contribution in [2.24, 2.45) is 4.99 Å². The third kappa shape index (κ3) is 4.31. The second kappa shape index (κ2) is 10.5. The van der Waals surface area contributed by atoms with Crippen LogP contribution in [0, 0.1) is 0 Å². The molecule has 0 N–H and O–H groups in total. The van der Waals surface area contributed by atoms with Crippen LogP contribution >= 0.6 is 0 Å². The van der Waals surface area contributed by atoms with Crippen molar-refractivity contribution >= 4 is 5.71 Å². The molecule has 3 heteroatoms. The van der Waals surface area contributed by atoms with E-state index in [2.05, 4.69) is 123 Å². The molecule has 1 heterocycles. The molecule has 0 radical (unpaired) electrons. The molecule has 38 heavy (non-hydrogen) atoms. The number of allylic oxidation sites excluding steroid dienone is 1. The molecule has 0 amide bonds. The largest absolute Gasteiger partial charge is 0.380 e. The molecule has 2 unspecified atom stereocenters. The Morgan fingerprint density at radius 2 is 1.66 bits per heavy atom. The first-order valence-electron chi connectivity index (χ1n) is 14.2. The van der Waals surface area contributed by atoms with Crippen molar-refractivity contribution in [2.45, 2.75) is 56.4 Å². The Balaban J connectivity index is 1.53. The first kappa shape index (κ1) is 26.4. The molecular formula is C35H43N3. The van der Waals surface area contributed by atoms with E-state index in [0.29, 0.717) is 6.04 Å². The van der Waals surface area contributed by atoms with E-state index >= 15 is 0 Å². The highest BCUT2D eigenvalue weighted by molar-refractivity contribution is 6.01. The molecule has 1 aliphatic heterocycles. The van der Waals surface area contributed by atoms with E-state index in [9.17, 15) is 0 Å². The van der Waals surface area contributed by atoms with E-state index in [1.807, 2.05) is 7.05 Å². The first-order valence-corrected chi connectivity index (χ1v) is 14.2. The lowest BCUT2D eigenvalue weighted by atomic mass is 9.63. The molecule has 3 nitrogen and oxygen atoms in total. The summed E-state index contributed by atoms with van der Waals surface area (Å²) in [7, 11) is 6.25. The smallest absolute Gasteiger partial charge is 0.0606 e. The van der Waals surface area contributed by atoms with Gasteiger partial charge >= 0.3 is 0 Å². The summed E-state index contributed by atoms with van der Waals surface area (Å²) in [5, 5.41) is 0. The zero-order chi connectivity index (χ0) is 26.9. The maximum absolute atomic E-state index is 4.98. The molecule has 3 aromatic rings. The first-order chi connectivity index (χ1) is 18.3. The van der Waals surface area contributed by atoms with Gasteiger partial charge in [-0.15, -0.1) is 0 Å². The van der Waals surface area contributed by atoms with Gasteiger partial charge in [0.2, 0.25) is 0 Å². The standard InChI is InChI=1S/C35H43N3/c1-7-27-18-19-28-25-32-33(36-4)34(3,31(28)24-27)20-22-38(32)23-21-35(26(2)37(5)6,29-14-10-8-11-15-29)30-16-12-9-13-17-30/h8-19,24,32H,2,7,20-23,25H2,1,3-6H3/b36-33-. The van der Waals surface area contributed by atoms with Gasteiger partial charge in [0.05, 0.1) is 11.5 Å². The van der Waals surface area contributed by atoms with Gasteiger partial charge in [0.15, 0.2) is 0 Å². The average molecular weight is 506 g/mol. The summed E-state index contributed by atoms with van der Waals surface area (Å²) >= 11 is 0. The zero-order valence-electron chi connectivity index (χ0n) is 23.9. The van der Waals surface area contributed by atoms with Gasteiger partial charge in [-0.3, -0.25) is 9.89 Å². The summed E-state index contributed by atoms with van der Waals surface area (Å²) in [6, 6.07) is 29.5. The number of likely N-dealkylation sites (N-methyl/N-ethyl adjacent to an activating group) is 1. The molecule has 1 aliphatic carbocycles. The van der Waals surface area contributed by atoms with Crippen LogP contribution < -0.4 is 0 Å². The van der Waals surface area contributed by atoms with Crippen molar-refractivity contribution in [2.75, 3.05) is 34.2 Å². The fraction of sp³-hybridized carbons (Fsp3) is 0.400. The van der Waals surface area contributed by atoms with E-state index in [-0.39, 0.29) is 10.8 Å². The molecule has 2 aliphatic rings. The van der Waals surface area contributed by atoms with Crippen LogP contribution in [0.15, 0.2) is 96.1 Å². The zero-order valence-corrected chi connectivity index (χ0v) is 23.9. The van der Waals surface area contributed by atoms with Crippen LogP contribution in [0.3, 0.4) is 0 Å². The average Bonchev–Trinajstić information content (AvgIpc) is 2.95. The lowest BCUT2D eigenvalue weighted by Gasteiger charge is -2.52. The summed E-state index contributed by atoms with van der Waals surface area (Å²) < 4.78 is 0. The molecule has 5 rings (SSSR count). The predicted molar refractivity (Wildman–Crippen MR) is 161 cm³/mol. The van der Waals surface area contributed by atoms with Gasteiger partial charge in [-0.05, 0) is 53.5 Å². The van der Waals surface area contributed by atoms with Crippen molar-refractivity contribution in [3.05, 3.63) is 119 Å². The van der Waals surface area contributed by atoms with Crippen LogP contribution in [-0.4, -0.2) is 55.8 Å². The highest BCUT2D eigenvalue weighted by Gasteiger charge is 2.48. The van der Waals surface area contributed by atoms with Gasteiger partial charge in [-0.1, -0.05) is 99.3 Å². The number of benzene rings is 3. The lowest BCUT2D eigenvalue weighted by Crippen LogP contribution is -2.60. The topological polar surface area (TPSA) is 18.8 Å². The highest BCUT2D eigenvalue weighted by Crippen LogP contribution is 2.46. The second-order valence-corrected chi connectivity index (χ2v) is 11.5. The Kier molecular flexibility index (Phi) is 7.33. The third-order valence-corrected chi connectivity index (χ3v) is 9.39. The van der Waals surface area contributed by atoms with Gasteiger partial charge in [-0.2, -0.15) is 0 Å². The number of fused-ring (bicyclic) bond motifs is 4. The molecule has 1 fully saturated rings. The van der Waals surface area contributed by atoms with Crippen molar-refractivity contribution in [1.82, 2.24) is 9.80 Å². The Morgan fingerprint density at radius 1 is 1.03 bits per heavy atom.